The molecule has 0 spiro atoms. The van der Waals surface area contributed by atoms with Gasteiger partial charge in [0.05, 0.1) is 28.2 Å². The molecule has 3 nitrogen and oxygen atoms in total. The highest BCUT2D eigenvalue weighted by Crippen LogP contribution is 2.58. The van der Waals surface area contributed by atoms with Gasteiger partial charge in [-0.25, -0.2) is 4.98 Å². The first kappa shape index (κ1) is 23.5. The van der Waals surface area contributed by atoms with Crippen molar-refractivity contribution in [1.82, 2.24) is 15.0 Å². The lowest BCUT2D eigenvalue weighted by Crippen LogP contribution is -2.29. The van der Waals surface area contributed by atoms with Crippen molar-refractivity contribution >= 4 is 10.8 Å². The van der Waals surface area contributed by atoms with Crippen molar-refractivity contribution in [3.63, 3.8) is 0 Å². The van der Waals surface area contributed by atoms with Crippen molar-refractivity contribution in [2.24, 2.45) is 0 Å². The molecular weight excluding hydrogens is 498 g/mol. The summed E-state index contributed by atoms with van der Waals surface area (Å²) >= 11 is 0. The highest BCUT2D eigenvalue weighted by molar-refractivity contribution is 6.04. The van der Waals surface area contributed by atoms with Crippen molar-refractivity contribution in [1.29, 1.82) is 0 Å². The maximum absolute atomic E-state index is 5.49. The van der Waals surface area contributed by atoms with E-state index in [0.29, 0.717) is 0 Å². The highest BCUT2D eigenvalue weighted by Gasteiger charge is 2.48. The van der Waals surface area contributed by atoms with Crippen LogP contribution in [0.3, 0.4) is 0 Å². The molecule has 8 rings (SSSR count). The molecule has 7 aromatic rings. The molecule has 0 N–H and O–H groups in total. The van der Waals surface area contributed by atoms with Crippen LogP contribution in [0.4, 0.5) is 0 Å². The van der Waals surface area contributed by atoms with Crippen LogP contribution in [-0.4, -0.2) is 15.0 Å². The second-order valence-corrected chi connectivity index (χ2v) is 10.4. The van der Waals surface area contributed by atoms with E-state index in [1.54, 1.807) is 6.20 Å². The molecule has 0 atom stereocenters. The minimum atomic E-state index is -0.499. The summed E-state index contributed by atoms with van der Waals surface area (Å²) < 4.78 is 0. The second kappa shape index (κ2) is 9.35. The quantitative estimate of drug-likeness (QED) is 0.232. The van der Waals surface area contributed by atoms with E-state index < -0.39 is 5.41 Å². The third-order valence-corrected chi connectivity index (χ3v) is 8.25. The van der Waals surface area contributed by atoms with Crippen LogP contribution in [0, 0.1) is 0 Å². The van der Waals surface area contributed by atoms with E-state index in [4.69, 9.17) is 9.97 Å². The van der Waals surface area contributed by atoms with Crippen LogP contribution in [0.25, 0.3) is 44.7 Å². The zero-order chi connectivity index (χ0) is 27.2. The molecule has 41 heavy (non-hydrogen) atoms. The molecule has 0 saturated heterocycles. The van der Waals surface area contributed by atoms with E-state index in [1.807, 2.05) is 30.5 Å². The molecule has 0 aliphatic heterocycles. The molecular formula is C38H25N3. The maximum Gasteiger partial charge on any atom is 0.0886 e. The predicted molar refractivity (Wildman–Crippen MR) is 166 cm³/mol. The summed E-state index contributed by atoms with van der Waals surface area (Å²) in [5, 5.41) is 2.31. The Morgan fingerprint density at radius 1 is 0.463 bits per heavy atom. The Morgan fingerprint density at radius 2 is 1.10 bits per heavy atom. The Labute approximate surface area is 238 Å². The minimum Gasteiger partial charge on any atom is -0.255 e. The van der Waals surface area contributed by atoms with E-state index in [9.17, 15) is 0 Å². The lowest BCUT2D eigenvalue weighted by Gasteiger charge is -2.34. The number of rotatable bonds is 4. The van der Waals surface area contributed by atoms with Gasteiger partial charge in [-0.05, 0) is 46.3 Å². The molecule has 1 aliphatic rings. The molecule has 192 valence electrons. The molecule has 0 unspecified atom stereocenters. The zero-order valence-corrected chi connectivity index (χ0v) is 22.3. The topological polar surface area (TPSA) is 38.7 Å². The van der Waals surface area contributed by atoms with E-state index in [-0.39, 0.29) is 0 Å². The van der Waals surface area contributed by atoms with Crippen LogP contribution in [0.15, 0.2) is 152 Å². The summed E-state index contributed by atoms with van der Waals surface area (Å²) in [7, 11) is 0. The first-order valence-electron chi connectivity index (χ1n) is 13.9. The van der Waals surface area contributed by atoms with Crippen LogP contribution in [0.5, 0.6) is 0 Å². The van der Waals surface area contributed by atoms with Crippen molar-refractivity contribution in [2.75, 3.05) is 0 Å². The standard InChI is InChI=1S/C38H25N3/c1-3-13-27(14-4-1)38(28-15-5-2-6-16-28)32-20-10-9-19-31(32)37-35(38)29-17-7-8-18-30(29)36(41-37)26-22-23-34(40-25-26)33-21-11-12-24-39-33/h1-25H. The summed E-state index contributed by atoms with van der Waals surface area (Å²) in [4.78, 5) is 14.7. The molecule has 0 fully saturated rings. The van der Waals surface area contributed by atoms with Crippen molar-refractivity contribution in [3.05, 3.63) is 174 Å². The van der Waals surface area contributed by atoms with Crippen LogP contribution >= 0.6 is 0 Å². The van der Waals surface area contributed by atoms with Crippen molar-refractivity contribution in [3.8, 4) is 33.9 Å². The number of benzene rings is 4. The molecule has 3 heterocycles. The Hall–Kier alpha value is -5.41. The third-order valence-electron chi connectivity index (χ3n) is 8.25. The first-order valence-corrected chi connectivity index (χ1v) is 13.9. The van der Waals surface area contributed by atoms with E-state index in [2.05, 4.69) is 120 Å². The lowest BCUT2D eigenvalue weighted by atomic mass is 9.67. The van der Waals surface area contributed by atoms with Crippen molar-refractivity contribution < 1.29 is 0 Å². The second-order valence-electron chi connectivity index (χ2n) is 10.4. The van der Waals surface area contributed by atoms with Crippen molar-refractivity contribution in [2.45, 2.75) is 5.41 Å². The monoisotopic (exact) mass is 523 g/mol. The summed E-state index contributed by atoms with van der Waals surface area (Å²) in [5.74, 6) is 0. The predicted octanol–water partition coefficient (Wildman–Crippen LogP) is 8.72. The summed E-state index contributed by atoms with van der Waals surface area (Å²) in [6, 6.07) is 49.2. The average molecular weight is 524 g/mol. The van der Waals surface area contributed by atoms with E-state index in [0.717, 1.165) is 33.7 Å². The number of fused-ring (bicyclic) bond motifs is 5. The number of hydrogen-bond acceptors (Lipinski definition) is 3. The zero-order valence-electron chi connectivity index (χ0n) is 22.3. The smallest absolute Gasteiger partial charge is 0.0886 e. The molecule has 0 radical (unpaired) electrons. The molecule has 0 bridgehead atoms. The first-order chi connectivity index (χ1) is 20.4. The maximum atomic E-state index is 5.49. The summed E-state index contributed by atoms with van der Waals surface area (Å²) in [5.41, 5.74) is 10.3. The molecule has 3 aromatic heterocycles. The molecule has 0 amide bonds. The van der Waals surface area contributed by atoms with Crippen LogP contribution in [-0.2, 0) is 5.41 Å². The molecule has 1 aliphatic carbocycles. The van der Waals surface area contributed by atoms with Gasteiger partial charge in [0.25, 0.3) is 0 Å². The van der Waals surface area contributed by atoms with Gasteiger partial charge >= 0.3 is 0 Å². The van der Waals surface area contributed by atoms with Gasteiger partial charge in [-0.2, -0.15) is 0 Å². The van der Waals surface area contributed by atoms with Gasteiger partial charge in [-0.15, -0.1) is 0 Å². The molecule has 0 saturated carbocycles. The summed E-state index contributed by atoms with van der Waals surface area (Å²) in [6.45, 7) is 0. The van der Waals surface area contributed by atoms with Gasteiger partial charge < -0.3 is 0 Å². The van der Waals surface area contributed by atoms with E-state index >= 15 is 0 Å². The van der Waals surface area contributed by atoms with Crippen LogP contribution in [0.1, 0.15) is 22.3 Å². The Morgan fingerprint density at radius 3 is 1.78 bits per heavy atom. The minimum absolute atomic E-state index is 0.499. The molecule has 3 heteroatoms. The summed E-state index contributed by atoms with van der Waals surface area (Å²) in [6.07, 6.45) is 3.72. The Balaban J connectivity index is 1.45. The number of hydrogen-bond donors (Lipinski definition) is 0. The fourth-order valence-corrected chi connectivity index (χ4v) is 6.55. The van der Waals surface area contributed by atoms with Gasteiger partial charge in [0, 0.05) is 34.5 Å². The fourth-order valence-electron chi connectivity index (χ4n) is 6.55. The largest absolute Gasteiger partial charge is 0.255 e. The van der Waals surface area contributed by atoms with Gasteiger partial charge in [-0.3, -0.25) is 9.97 Å². The SMILES string of the molecule is c1ccc(C2(c3ccccc3)c3ccccc3-c3nc(-c4ccc(-c5ccccn5)nc4)c4ccccc4c32)cc1. The number of pyridine rings is 3. The number of nitrogens with zero attached hydrogens (tertiary/aromatic N) is 3. The molecule has 4 aromatic carbocycles. The van der Waals surface area contributed by atoms with Gasteiger partial charge in [0.2, 0.25) is 0 Å². The normalized spacial score (nSPS) is 13.1. The Kier molecular flexibility index (Phi) is 5.36. The van der Waals surface area contributed by atoms with Gasteiger partial charge in [0.1, 0.15) is 0 Å². The Bertz CT molecular complexity index is 1980. The van der Waals surface area contributed by atoms with Crippen LogP contribution in [0.2, 0.25) is 0 Å². The van der Waals surface area contributed by atoms with Gasteiger partial charge in [0.15, 0.2) is 0 Å². The lowest BCUT2D eigenvalue weighted by molar-refractivity contribution is 0.774. The number of aromatic nitrogens is 3. The van der Waals surface area contributed by atoms with Gasteiger partial charge in [-0.1, -0.05) is 115 Å². The highest BCUT2D eigenvalue weighted by atomic mass is 14.8. The van der Waals surface area contributed by atoms with E-state index in [1.165, 1.54) is 33.2 Å². The van der Waals surface area contributed by atoms with Crippen LogP contribution < -0.4 is 0 Å². The third kappa shape index (κ3) is 3.49. The average Bonchev–Trinajstić information content (AvgIpc) is 3.37. The fraction of sp³-hybridized carbons (Fsp3) is 0.0263.